The van der Waals surface area contributed by atoms with Crippen molar-refractivity contribution in [3.8, 4) is 5.75 Å². The third kappa shape index (κ3) is 4.90. The number of fused-ring (bicyclic) bond motifs is 1. The van der Waals surface area contributed by atoms with Crippen LogP contribution >= 0.6 is 23.2 Å². The van der Waals surface area contributed by atoms with Gasteiger partial charge in [0, 0.05) is 17.1 Å². The Labute approximate surface area is 158 Å². The van der Waals surface area contributed by atoms with Gasteiger partial charge < -0.3 is 10.1 Å². The summed E-state index contributed by atoms with van der Waals surface area (Å²) in [6.45, 7) is 0.432. The van der Waals surface area contributed by atoms with Crippen LogP contribution in [-0.4, -0.2) is 12.5 Å². The first kappa shape index (κ1) is 18.1. The van der Waals surface area contributed by atoms with E-state index >= 15 is 0 Å². The van der Waals surface area contributed by atoms with Crippen molar-refractivity contribution >= 4 is 34.8 Å². The first-order valence-electron chi connectivity index (χ1n) is 8.62. The van der Waals surface area contributed by atoms with Crippen molar-refractivity contribution in [1.82, 2.24) is 0 Å². The zero-order valence-electron chi connectivity index (χ0n) is 14.0. The summed E-state index contributed by atoms with van der Waals surface area (Å²) < 4.78 is 5.61. The van der Waals surface area contributed by atoms with Gasteiger partial charge in [-0.2, -0.15) is 0 Å². The molecule has 0 heterocycles. The highest BCUT2D eigenvalue weighted by atomic mass is 35.5. The van der Waals surface area contributed by atoms with E-state index in [1.807, 2.05) is 12.1 Å². The molecule has 1 aliphatic carbocycles. The molecule has 3 rings (SSSR count). The van der Waals surface area contributed by atoms with Gasteiger partial charge in [-0.1, -0.05) is 35.3 Å². The van der Waals surface area contributed by atoms with E-state index in [-0.39, 0.29) is 5.91 Å². The van der Waals surface area contributed by atoms with Crippen molar-refractivity contribution in [1.29, 1.82) is 0 Å². The molecule has 0 aliphatic heterocycles. The lowest BCUT2D eigenvalue weighted by Gasteiger charge is -2.19. The van der Waals surface area contributed by atoms with Crippen LogP contribution in [0.15, 0.2) is 36.4 Å². The van der Waals surface area contributed by atoms with Crippen molar-refractivity contribution in [2.24, 2.45) is 0 Å². The third-order valence-corrected chi connectivity index (χ3v) is 4.90. The van der Waals surface area contributed by atoms with E-state index in [2.05, 4.69) is 11.4 Å². The Morgan fingerprint density at radius 1 is 1.12 bits per heavy atom. The molecule has 0 spiro atoms. The maximum Gasteiger partial charge on any atom is 0.224 e. The Kier molecular flexibility index (Phi) is 6.22. The minimum absolute atomic E-state index is 0.0183. The fourth-order valence-electron chi connectivity index (χ4n) is 3.12. The highest BCUT2D eigenvalue weighted by Gasteiger charge is 2.14. The molecule has 0 bridgehead atoms. The lowest BCUT2D eigenvalue weighted by Crippen LogP contribution is -2.16. The molecule has 1 amide bonds. The van der Waals surface area contributed by atoms with E-state index in [0.717, 1.165) is 18.5 Å². The summed E-state index contributed by atoms with van der Waals surface area (Å²) in [4.78, 5) is 12.2. The summed E-state index contributed by atoms with van der Waals surface area (Å²) in [6.07, 6.45) is 5.61. The molecule has 2 aromatic rings. The van der Waals surface area contributed by atoms with Crippen LogP contribution in [0.1, 0.15) is 36.8 Å². The Balaban J connectivity index is 1.47. The Morgan fingerprint density at radius 2 is 1.96 bits per heavy atom. The van der Waals surface area contributed by atoms with Gasteiger partial charge in [-0.05, 0) is 67.5 Å². The molecule has 0 fully saturated rings. The van der Waals surface area contributed by atoms with Gasteiger partial charge in [0.1, 0.15) is 5.75 Å². The second-order valence-electron chi connectivity index (χ2n) is 6.23. The standard InChI is InChI=1S/C20H21Cl2NO2/c21-15-10-11-19(17(22)13-15)25-12-4-9-20(24)23-18-8-3-6-14-5-1-2-7-16(14)18/h3,6,8,10-11,13H,1-2,4-5,7,9,12H2,(H,23,24). The first-order valence-corrected chi connectivity index (χ1v) is 9.37. The normalized spacial score (nSPS) is 13.2. The quantitative estimate of drug-likeness (QED) is 0.658. The van der Waals surface area contributed by atoms with E-state index in [4.69, 9.17) is 27.9 Å². The number of halogens is 2. The second-order valence-corrected chi connectivity index (χ2v) is 7.07. The van der Waals surface area contributed by atoms with Crippen LogP contribution in [0.3, 0.4) is 0 Å². The monoisotopic (exact) mass is 377 g/mol. The molecular formula is C20H21Cl2NO2. The van der Waals surface area contributed by atoms with Crippen LogP contribution in [0.5, 0.6) is 5.75 Å². The zero-order chi connectivity index (χ0) is 17.6. The van der Waals surface area contributed by atoms with Gasteiger partial charge in [-0.15, -0.1) is 0 Å². The summed E-state index contributed by atoms with van der Waals surface area (Å²) in [5, 5.41) is 4.10. The zero-order valence-corrected chi connectivity index (χ0v) is 15.5. The average molecular weight is 378 g/mol. The summed E-state index contributed by atoms with van der Waals surface area (Å²) in [5.74, 6) is 0.605. The largest absolute Gasteiger partial charge is 0.492 e. The summed E-state index contributed by atoms with van der Waals surface area (Å²) in [5.41, 5.74) is 3.62. The van der Waals surface area contributed by atoms with E-state index in [1.54, 1.807) is 18.2 Å². The number of carbonyl (C=O) groups is 1. The number of anilines is 1. The minimum atomic E-state index is 0.0183. The Morgan fingerprint density at radius 3 is 2.80 bits per heavy atom. The van der Waals surface area contributed by atoms with Crippen LogP contribution < -0.4 is 10.1 Å². The van der Waals surface area contributed by atoms with E-state index in [1.165, 1.54) is 24.0 Å². The predicted octanol–water partition coefficient (Wildman–Crippen LogP) is 5.67. The molecule has 0 atom stereocenters. The molecule has 0 unspecified atom stereocenters. The predicted molar refractivity (Wildman–Crippen MR) is 103 cm³/mol. The molecule has 0 saturated heterocycles. The van der Waals surface area contributed by atoms with Crippen LogP contribution in [0.4, 0.5) is 5.69 Å². The van der Waals surface area contributed by atoms with Gasteiger partial charge in [-0.3, -0.25) is 4.79 Å². The number of nitrogens with one attached hydrogen (secondary N) is 1. The number of ether oxygens (including phenoxy) is 1. The molecule has 0 saturated carbocycles. The molecule has 132 valence electrons. The number of amides is 1. The third-order valence-electron chi connectivity index (χ3n) is 4.37. The number of benzene rings is 2. The molecule has 3 nitrogen and oxygen atoms in total. The van der Waals surface area contributed by atoms with Crippen molar-refractivity contribution in [2.45, 2.75) is 38.5 Å². The average Bonchev–Trinajstić information content (AvgIpc) is 2.60. The maximum absolute atomic E-state index is 12.2. The van der Waals surface area contributed by atoms with E-state index in [0.29, 0.717) is 35.2 Å². The van der Waals surface area contributed by atoms with Gasteiger partial charge in [0.2, 0.25) is 5.91 Å². The second kappa shape index (κ2) is 8.59. The topological polar surface area (TPSA) is 38.3 Å². The SMILES string of the molecule is O=C(CCCOc1ccc(Cl)cc1Cl)Nc1cccc2c1CCCC2. The molecule has 5 heteroatoms. The Hall–Kier alpha value is -1.71. The highest BCUT2D eigenvalue weighted by Crippen LogP contribution is 2.29. The van der Waals surface area contributed by atoms with E-state index in [9.17, 15) is 4.79 Å². The lowest BCUT2D eigenvalue weighted by atomic mass is 9.90. The first-order chi connectivity index (χ1) is 12.1. The van der Waals surface area contributed by atoms with E-state index < -0.39 is 0 Å². The summed E-state index contributed by atoms with van der Waals surface area (Å²) in [6, 6.07) is 11.3. The molecule has 25 heavy (non-hydrogen) atoms. The number of carbonyl (C=O) groups excluding carboxylic acids is 1. The fourth-order valence-corrected chi connectivity index (χ4v) is 3.58. The smallest absolute Gasteiger partial charge is 0.224 e. The molecule has 1 aliphatic rings. The van der Waals surface area contributed by atoms with Gasteiger partial charge in [0.05, 0.1) is 11.6 Å². The van der Waals surface area contributed by atoms with Gasteiger partial charge in [0.15, 0.2) is 0 Å². The lowest BCUT2D eigenvalue weighted by molar-refractivity contribution is -0.116. The van der Waals surface area contributed by atoms with Crippen molar-refractivity contribution < 1.29 is 9.53 Å². The highest BCUT2D eigenvalue weighted by molar-refractivity contribution is 6.35. The number of hydrogen-bond donors (Lipinski definition) is 1. The summed E-state index contributed by atoms with van der Waals surface area (Å²) >= 11 is 11.9. The summed E-state index contributed by atoms with van der Waals surface area (Å²) in [7, 11) is 0. The van der Waals surface area contributed by atoms with Crippen LogP contribution in [0.25, 0.3) is 0 Å². The molecule has 0 aromatic heterocycles. The Bertz CT molecular complexity index is 761. The van der Waals surface area contributed by atoms with Crippen LogP contribution in [0.2, 0.25) is 10.0 Å². The van der Waals surface area contributed by atoms with Gasteiger partial charge >= 0.3 is 0 Å². The minimum Gasteiger partial charge on any atom is -0.492 e. The number of rotatable bonds is 6. The van der Waals surface area contributed by atoms with Crippen molar-refractivity contribution in [3.05, 3.63) is 57.6 Å². The molecular weight excluding hydrogens is 357 g/mol. The number of hydrogen-bond acceptors (Lipinski definition) is 2. The van der Waals surface area contributed by atoms with Crippen molar-refractivity contribution in [3.63, 3.8) is 0 Å². The molecule has 0 radical (unpaired) electrons. The van der Waals surface area contributed by atoms with Gasteiger partial charge in [-0.25, -0.2) is 0 Å². The van der Waals surface area contributed by atoms with Gasteiger partial charge in [0.25, 0.3) is 0 Å². The van der Waals surface area contributed by atoms with Crippen LogP contribution in [0, 0.1) is 0 Å². The van der Waals surface area contributed by atoms with Crippen LogP contribution in [-0.2, 0) is 17.6 Å². The van der Waals surface area contributed by atoms with Crippen molar-refractivity contribution in [2.75, 3.05) is 11.9 Å². The number of aryl methyl sites for hydroxylation is 1. The molecule has 2 aromatic carbocycles. The maximum atomic E-state index is 12.2. The molecule has 1 N–H and O–H groups in total. The fraction of sp³-hybridized carbons (Fsp3) is 0.350.